The highest BCUT2D eigenvalue weighted by atomic mass is 16.3. The summed E-state index contributed by atoms with van der Waals surface area (Å²) in [6.07, 6.45) is 7.46. The fourth-order valence-corrected chi connectivity index (χ4v) is 3.04. The summed E-state index contributed by atoms with van der Waals surface area (Å²) in [7, 11) is 0. The molecular weight excluding hydrogens is 174 g/mol. The van der Waals surface area contributed by atoms with Crippen LogP contribution >= 0.6 is 0 Å². The molecule has 0 bridgehead atoms. The highest BCUT2D eigenvalue weighted by molar-refractivity contribution is 4.87. The fourth-order valence-electron chi connectivity index (χ4n) is 3.04. The van der Waals surface area contributed by atoms with Gasteiger partial charge in [0.2, 0.25) is 0 Å². The van der Waals surface area contributed by atoms with E-state index in [0.29, 0.717) is 6.04 Å². The van der Waals surface area contributed by atoms with Crippen LogP contribution in [-0.4, -0.2) is 35.2 Å². The number of hydrogen-bond acceptors (Lipinski definition) is 2. The van der Waals surface area contributed by atoms with E-state index in [1.165, 1.54) is 45.2 Å². The van der Waals surface area contributed by atoms with Crippen LogP contribution < -0.4 is 0 Å². The Bertz CT molecular complexity index is 175. The van der Waals surface area contributed by atoms with Crippen molar-refractivity contribution in [2.75, 3.05) is 13.1 Å². The predicted molar refractivity (Wildman–Crippen MR) is 58.2 cm³/mol. The topological polar surface area (TPSA) is 23.5 Å². The number of nitrogens with zero attached hydrogens (tertiary/aromatic N) is 1. The van der Waals surface area contributed by atoms with E-state index in [1.807, 2.05) is 0 Å². The van der Waals surface area contributed by atoms with Crippen molar-refractivity contribution in [2.24, 2.45) is 5.92 Å². The first kappa shape index (κ1) is 10.4. The van der Waals surface area contributed by atoms with E-state index in [-0.39, 0.29) is 6.10 Å². The third kappa shape index (κ3) is 2.12. The maximum atomic E-state index is 9.82. The normalized spacial score (nSPS) is 36.4. The fraction of sp³-hybridized carbons (Fsp3) is 1.00. The van der Waals surface area contributed by atoms with Crippen LogP contribution in [0.1, 0.15) is 45.4 Å². The third-order valence-corrected chi connectivity index (χ3v) is 4.14. The van der Waals surface area contributed by atoms with Crippen molar-refractivity contribution in [3.8, 4) is 0 Å². The van der Waals surface area contributed by atoms with E-state index < -0.39 is 0 Å². The molecule has 0 radical (unpaired) electrons. The zero-order chi connectivity index (χ0) is 9.97. The first-order valence-electron chi connectivity index (χ1n) is 6.23. The standard InChI is InChI=1S/C12H23NO/c1-2-10-6-8-13(9-7-10)11-4-3-5-12(11)14/h10-12,14H,2-9H2,1H3/t11-,12-/m1/s1. The molecule has 0 aromatic rings. The van der Waals surface area contributed by atoms with Gasteiger partial charge in [0.15, 0.2) is 0 Å². The van der Waals surface area contributed by atoms with Crippen molar-refractivity contribution in [3.63, 3.8) is 0 Å². The molecular formula is C12H23NO. The SMILES string of the molecule is CCC1CCN([C@@H]2CCC[C@H]2O)CC1. The molecule has 1 aliphatic heterocycles. The van der Waals surface area contributed by atoms with Crippen molar-refractivity contribution in [3.05, 3.63) is 0 Å². The van der Waals surface area contributed by atoms with Crippen LogP contribution in [-0.2, 0) is 0 Å². The van der Waals surface area contributed by atoms with E-state index in [4.69, 9.17) is 0 Å². The molecule has 2 rings (SSSR count). The Morgan fingerprint density at radius 3 is 2.36 bits per heavy atom. The van der Waals surface area contributed by atoms with Crippen molar-refractivity contribution < 1.29 is 5.11 Å². The molecule has 1 heterocycles. The quantitative estimate of drug-likeness (QED) is 0.732. The van der Waals surface area contributed by atoms with Crippen LogP contribution in [0, 0.1) is 5.92 Å². The molecule has 82 valence electrons. The van der Waals surface area contributed by atoms with Gasteiger partial charge < -0.3 is 5.11 Å². The number of aliphatic hydroxyl groups excluding tert-OH is 1. The van der Waals surface area contributed by atoms with Gasteiger partial charge in [0.1, 0.15) is 0 Å². The summed E-state index contributed by atoms with van der Waals surface area (Å²) in [5.74, 6) is 0.949. The van der Waals surface area contributed by atoms with Gasteiger partial charge in [-0.05, 0) is 51.1 Å². The van der Waals surface area contributed by atoms with Gasteiger partial charge >= 0.3 is 0 Å². The van der Waals surface area contributed by atoms with Crippen molar-refractivity contribution in [1.82, 2.24) is 4.90 Å². The highest BCUT2D eigenvalue weighted by Crippen LogP contribution is 2.28. The van der Waals surface area contributed by atoms with Gasteiger partial charge in [-0.25, -0.2) is 0 Å². The van der Waals surface area contributed by atoms with E-state index in [9.17, 15) is 5.11 Å². The van der Waals surface area contributed by atoms with Gasteiger partial charge in [-0.3, -0.25) is 4.90 Å². The summed E-state index contributed by atoms with van der Waals surface area (Å²) in [6.45, 7) is 4.74. The lowest BCUT2D eigenvalue weighted by Gasteiger charge is -2.37. The van der Waals surface area contributed by atoms with E-state index in [2.05, 4.69) is 11.8 Å². The number of likely N-dealkylation sites (tertiary alicyclic amines) is 1. The predicted octanol–water partition coefficient (Wildman–Crippen LogP) is 2.02. The van der Waals surface area contributed by atoms with Crippen LogP contribution in [0.2, 0.25) is 0 Å². The summed E-state index contributed by atoms with van der Waals surface area (Å²) in [6, 6.07) is 0.493. The van der Waals surface area contributed by atoms with Gasteiger partial charge in [0.25, 0.3) is 0 Å². The Kier molecular flexibility index (Phi) is 3.45. The summed E-state index contributed by atoms with van der Waals surface area (Å²) >= 11 is 0. The zero-order valence-corrected chi connectivity index (χ0v) is 9.28. The highest BCUT2D eigenvalue weighted by Gasteiger charge is 2.32. The van der Waals surface area contributed by atoms with Crippen molar-refractivity contribution in [1.29, 1.82) is 0 Å². The van der Waals surface area contributed by atoms with E-state index in [0.717, 1.165) is 12.3 Å². The summed E-state index contributed by atoms with van der Waals surface area (Å²) in [4.78, 5) is 2.53. The number of hydrogen-bond donors (Lipinski definition) is 1. The van der Waals surface area contributed by atoms with Gasteiger partial charge in [-0.1, -0.05) is 13.3 Å². The second-order valence-corrected chi connectivity index (χ2v) is 4.95. The van der Waals surface area contributed by atoms with Crippen molar-refractivity contribution in [2.45, 2.75) is 57.6 Å². The Balaban J connectivity index is 1.82. The summed E-state index contributed by atoms with van der Waals surface area (Å²) < 4.78 is 0. The van der Waals surface area contributed by atoms with E-state index in [1.54, 1.807) is 0 Å². The molecule has 0 spiro atoms. The minimum atomic E-state index is -0.0341. The van der Waals surface area contributed by atoms with Crippen LogP contribution in [0.3, 0.4) is 0 Å². The summed E-state index contributed by atoms with van der Waals surface area (Å²) in [5, 5.41) is 9.82. The largest absolute Gasteiger partial charge is 0.391 e. The molecule has 1 saturated carbocycles. The molecule has 2 nitrogen and oxygen atoms in total. The lowest BCUT2D eigenvalue weighted by Crippen LogP contribution is -2.44. The molecule has 0 unspecified atom stereocenters. The van der Waals surface area contributed by atoms with Gasteiger partial charge in [-0.2, -0.15) is 0 Å². The Hall–Kier alpha value is -0.0800. The van der Waals surface area contributed by atoms with Crippen LogP contribution in [0.15, 0.2) is 0 Å². The maximum absolute atomic E-state index is 9.82. The Morgan fingerprint density at radius 2 is 1.86 bits per heavy atom. The van der Waals surface area contributed by atoms with Crippen LogP contribution in [0.25, 0.3) is 0 Å². The molecule has 0 amide bonds. The molecule has 1 aliphatic carbocycles. The second kappa shape index (κ2) is 4.63. The van der Waals surface area contributed by atoms with Crippen LogP contribution in [0.5, 0.6) is 0 Å². The number of piperidine rings is 1. The zero-order valence-electron chi connectivity index (χ0n) is 9.28. The van der Waals surface area contributed by atoms with Gasteiger partial charge in [0.05, 0.1) is 6.10 Å². The molecule has 0 aromatic heterocycles. The minimum absolute atomic E-state index is 0.0341. The Labute approximate surface area is 87.3 Å². The molecule has 0 aromatic carbocycles. The average Bonchev–Trinajstić information content (AvgIpc) is 2.65. The molecule has 1 N–H and O–H groups in total. The molecule has 2 aliphatic rings. The van der Waals surface area contributed by atoms with Crippen LogP contribution in [0.4, 0.5) is 0 Å². The number of rotatable bonds is 2. The summed E-state index contributed by atoms with van der Waals surface area (Å²) in [5.41, 5.74) is 0. The Morgan fingerprint density at radius 1 is 1.14 bits per heavy atom. The lowest BCUT2D eigenvalue weighted by molar-refractivity contribution is 0.0478. The minimum Gasteiger partial charge on any atom is -0.391 e. The first-order chi connectivity index (χ1) is 6.81. The van der Waals surface area contributed by atoms with Crippen molar-refractivity contribution >= 4 is 0 Å². The van der Waals surface area contributed by atoms with Gasteiger partial charge in [-0.15, -0.1) is 0 Å². The van der Waals surface area contributed by atoms with E-state index >= 15 is 0 Å². The molecule has 1 saturated heterocycles. The maximum Gasteiger partial charge on any atom is 0.0695 e. The first-order valence-corrected chi connectivity index (χ1v) is 6.23. The molecule has 2 fully saturated rings. The third-order valence-electron chi connectivity index (χ3n) is 4.14. The second-order valence-electron chi connectivity index (χ2n) is 4.95. The molecule has 2 atom stereocenters. The molecule has 14 heavy (non-hydrogen) atoms. The molecule has 2 heteroatoms. The van der Waals surface area contributed by atoms with Gasteiger partial charge in [0, 0.05) is 6.04 Å². The number of aliphatic hydroxyl groups is 1. The average molecular weight is 197 g/mol. The lowest BCUT2D eigenvalue weighted by atomic mass is 9.93. The smallest absolute Gasteiger partial charge is 0.0695 e. The monoisotopic (exact) mass is 197 g/mol.